The van der Waals surface area contributed by atoms with E-state index in [1.54, 1.807) is 6.21 Å². The van der Waals surface area contributed by atoms with Crippen molar-refractivity contribution in [2.24, 2.45) is 4.99 Å². The summed E-state index contributed by atoms with van der Waals surface area (Å²) >= 11 is 0. The minimum Gasteiger partial charge on any atom is -0.477 e. The first-order valence-corrected chi connectivity index (χ1v) is 8.84. The summed E-state index contributed by atoms with van der Waals surface area (Å²) in [5.74, 6) is -2.30. The number of fused-ring (bicyclic) bond motifs is 5. The quantitative estimate of drug-likeness (QED) is 0.693. The molecule has 4 rings (SSSR count). The smallest absolute Gasteiger partial charge is 0.341 e. The third-order valence-corrected chi connectivity index (χ3v) is 4.91. The lowest BCUT2D eigenvalue weighted by Gasteiger charge is -2.19. The molecule has 0 atom stereocenters. The molecule has 1 aromatic carbocycles. The van der Waals surface area contributed by atoms with E-state index in [0.29, 0.717) is 18.5 Å². The number of hydrogen-bond donors (Lipinski definition) is 1. The van der Waals surface area contributed by atoms with Gasteiger partial charge in [0.05, 0.1) is 5.70 Å². The van der Waals surface area contributed by atoms with Crippen molar-refractivity contribution in [1.29, 1.82) is 0 Å². The van der Waals surface area contributed by atoms with Gasteiger partial charge in [-0.1, -0.05) is 18.2 Å². The van der Waals surface area contributed by atoms with Gasteiger partial charge in [0.2, 0.25) is 5.43 Å². The largest absolute Gasteiger partial charge is 0.477 e. The lowest BCUT2D eigenvalue weighted by molar-refractivity contribution is 0.0693. The number of hydrogen-bond acceptors (Lipinski definition) is 4. The highest BCUT2D eigenvalue weighted by Gasteiger charge is 2.30. The highest BCUT2D eigenvalue weighted by atomic mass is 19.1. The van der Waals surface area contributed by atoms with Crippen molar-refractivity contribution in [2.45, 2.75) is 26.8 Å². The molecule has 1 aliphatic rings. The number of carbonyl (C=O) groups is 1. The molecule has 2 aromatic heterocycles. The van der Waals surface area contributed by atoms with Gasteiger partial charge < -0.3 is 14.1 Å². The molecular formula is C21H17FN2O4. The van der Waals surface area contributed by atoms with Crippen molar-refractivity contribution >= 4 is 28.9 Å². The highest BCUT2D eigenvalue weighted by Crippen LogP contribution is 2.40. The van der Waals surface area contributed by atoms with E-state index in [2.05, 4.69) is 4.99 Å². The first kappa shape index (κ1) is 17.9. The second-order valence-corrected chi connectivity index (χ2v) is 6.44. The number of nitrogens with zero attached hydrogens (tertiary/aromatic N) is 2. The maximum atomic E-state index is 14.9. The standard InChI is InChI=1S/C21H17FN2O4/c1-3-15(23-4-2)13-7-5-6-11-12-8-9-24-10-14(21(26)27)18(25)16(22)17(24)20(12)28-19(11)13/h3-7,10H,8-9H2,1-2H3,(H,26,27)/b15-3-,23-4-. The summed E-state index contributed by atoms with van der Waals surface area (Å²) in [6.07, 6.45) is 5.24. The number of halogens is 1. The van der Waals surface area contributed by atoms with Crippen molar-refractivity contribution in [1.82, 2.24) is 4.57 Å². The molecule has 0 radical (unpaired) electrons. The van der Waals surface area contributed by atoms with E-state index >= 15 is 0 Å². The lowest BCUT2D eigenvalue weighted by atomic mass is 9.99. The van der Waals surface area contributed by atoms with Crippen LogP contribution in [0.3, 0.4) is 0 Å². The van der Waals surface area contributed by atoms with Crippen LogP contribution in [0.1, 0.15) is 35.3 Å². The number of allylic oxidation sites excluding steroid dienone is 1. The van der Waals surface area contributed by atoms with Gasteiger partial charge in [0.15, 0.2) is 11.6 Å². The van der Waals surface area contributed by atoms with Crippen LogP contribution in [0.4, 0.5) is 4.39 Å². The van der Waals surface area contributed by atoms with Crippen LogP contribution in [-0.2, 0) is 13.0 Å². The van der Waals surface area contributed by atoms with Crippen molar-refractivity contribution in [3.8, 4) is 11.5 Å². The van der Waals surface area contributed by atoms with E-state index in [0.717, 1.165) is 22.2 Å². The molecule has 0 unspecified atom stereocenters. The average Bonchev–Trinajstić information content (AvgIpc) is 3.07. The number of pyridine rings is 1. The SMILES string of the molecule is C/C=N\C(=C/C)c1cccc2c3c(oc12)-c1c(F)c(=O)c(C(=O)O)cn1CC3. The molecule has 0 bridgehead atoms. The summed E-state index contributed by atoms with van der Waals surface area (Å²) in [6, 6.07) is 5.64. The fourth-order valence-corrected chi connectivity index (χ4v) is 3.67. The molecule has 0 fully saturated rings. The Hall–Kier alpha value is -3.48. The van der Waals surface area contributed by atoms with E-state index in [9.17, 15) is 14.0 Å². The Morgan fingerprint density at radius 2 is 2.11 bits per heavy atom. The summed E-state index contributed by atoms with van der Waals surface area (Å²) in [5.41, 5.74) is 1.11. The Kier molecular flexibility index (Phi) is 4.22. The minimum atomic E-state index is -1.45. The zero-order valence-electron chi connectivity index (χ0n) is 15.3. The van der Waals surface area contributed by atoms with Crippen molar-refractivity contribution < 1.29 is 18.7 Å². The summed E-state index contributed by atoms with van der Waals surface area (Å²) in [7, 11) is 0. The molecule has 3 aromatic rings. The second-order valence-electron chi connectivity index (χ2n) is 6.44. The van der Waals surface area contributed by atoms with Crippen molar-refractivity contribution in [3.05, 3.63) is 63.2 Å². The van der Waals surface area contributed by atoms with Crippen molar-refractivity contribution in [2.75, 3.05) is 0 Å². The zero-order chi connectivity index (χ0) is 20.0. The Bertz CT molecular complexity index is 1250. The number of aromatic nitrogens is 1. The van der Waals surface area contributed by atoms with Crippen LogP contribution >= 0.6 is 0 Å². The van der Waals surface area contributed by atoms with Crippen LogP contribution < -0.4 is 5.43 Å². The molecule has 0 aliphatic carbocycles. The van der Waals surface area contributed by atoms with Gasteiger partial charge in [0.25, 0.3) is 0 Å². The number of aromatic carboxylic acids is 1. The van der Waals surface area contributed by atoms with E-state index in [1.165, 1.54) is 10.8 Å². The highest BCUT2D eigenvalue weighted by molar-refractivity contribution is 5.96. The maximum Gasteiger partial charge on any atom is 0.341 e. The molecule has 0 amide bonds. The van der Waals surface area contributed by atoms with E-state index in [1.807, 2.05) is 38.1 Å². The number of benzene rings is 1. The Balaban J connectivity index is 2.04. The van der Waals surface area contributed by atoms with Gasteiger partial charge in [-0.15, -0.1) is 0 Å². The molecule has 1 aliphatic heterocycles. The summed E-state index contributed by atoms with van der Waals surface area (Å²) in [4.78, 5) is 27.8. The van der Waals surface area contributed by atoms with Crippen LogP contribution in [0.25, 0.3) is 28.1 Å². The van der Waals surface area contributed by atoms with Gasteiger partial charge in [-0.25, -0.2) is 9.18 Å². The Morgan fingerprint density at radius 3 is 2.79 bits per heavy atom. The number of aryl methyl sites for hydroxylation is 2. The van der Waals surface area contributed by atoms with Crippen LogP contribution in [0.15, 0.2) is 44.7 Å². The Labute approximate surface area is 159 Å². The van der Waals surface area contributed by atoms with Crippen LogP contribution in [0.5, 0.6) is 0 Å². The normalized spacial score (nSPS) is 13.8. The fourth-order valence-electron chi connectivity index (χ4n) is 3.67. The monoisotopic (exact) mass is 380 g/mol. The van der Waals surface area contributed by atoms with Crippen LogP contribution in [-0.4, -0.2) is 21.9 Å². The summed E-state index contributed by atoms with van der Waals surface area (Å²) < 4.78 is 22.4. The summed E-state index contributed by atoms with van der Waals surface area (Å²) in [5, 5.41) is 9.99. The molecule has 28 heavy (non-hydrogen) atoms. The number of carboxylic acid groups (broad SMARTS) is 1. The second kappa shape index (κ2) is 6.60. The summed E-state index contributed by atoms with van der Waals surface area (Å²) in [6.45, 7) is 4.03. The molecule has 0 saturated heterocycles. The topological polar surface area (TPSA) is 84.8 Å². The molecule has 142 valence electrons. The average molecular weight is 380 g/mol. The van der Waals surface area contributed by atoms with Gasteiger partial charge in [-0.2, -0.15) is 0 Å². The third kappa shape index (κ3) is 2.51. The first-order valence-electron chi connectivity index (χ1n) is 8.84. The van der Waals surface area contributed by atoms with Crippen molar-refractivity contribution in [3.63, 3.8) is 0 Å². The predicted octanol–water partition coefficient (Wildman–Crippen LogP) is 4.11. The molecule has 3 heterocycles. The third-order valence-electron chi connectivity index (χ3n) is 4.91. The van der Waals surface area contributed by atoms with Gasteiger partial charge in [-0.05, 0) is 26.3 Å². The number of furan rings is 1. The number of aliphatic imine (C=N–C) groups is 1. The molecular weight excluding hydrogens is 363 g/mol. The van der Waals surface area contributed by atoms with E-state index in [-0.39, 0.29) is 11.5 Å². The minimum absolute atomic E-state index is 0.0144. The molecule has 1 N–H and O–H groups in total. The van der Waals surface area contributed by atoms with Gasteiger partial charge in [0, 0.05) is 35.5 Å². The van der Waals surface area contributed by atoms with Gasteiger partial charge in [0.1, 0.15) is 16.8 Å². The molecule has 0 saturated carbocycles. The number of carboxylic acids is 1. The Morgan fingerprint density at radius 1 is 1.32 bits per heavy atom. The predicted molar refractivity (Wildman–Crippen MR) is 104 cm³/mol. The van der Waals surface area contributed by atoms with Gasteiger partial charge >= 0.3 is 5.97 Å². The fraction of sp³-hybridized carbons (Fsp3) is 0.190. The van der Waals surface area contributed by atoms with E-state index in [4.69, 9.17) is 9.52 Å². The number of rotatable bonds is 3. The van der Waals surface area contributed by atoms with Gasteiger partial charge in [-0.3, -0.25) is 9.79 Å². The molecule has 7 heteroatoms. The van der Waals surface area contributed by atoms with Crippen LogP contribution in [0, 0.1) is 5.82 Å². The number of para-hydroxylation sites is 1. The zero-order valence-corrected chi connectivity index (χ0v) is 15.3. The molecule has 0 spiro atoms. The van der Waals surface area contributed by atoms with E-state index < -0.39 is 22.8 Å². The van der Waals surface area contributed by atoms with Crippen LogP contribution in [0.2, 0.25) is 0 Å². The maximum absolute atomic E-state index is 14.9. The molecule has 6 nitrogen and oxygen atoms in total. The lowest BCUT2D eigenvalue weighted by Crippen LogP contribution is -2.25. The first-order chi connectivity index (χ1) is 13.5.